The van der Waals surface area contributed by atoms with E-state index in [0.29, 0.717) is 21.8 Å². The molecule has 0 spiro atoms. The van der Waals surface area contributed by atoms with E-state index in [1.54, 1.807) is 23.1 Å². The number of fused-ring (bicyclic) bond motifs is 2. The number of hydrogen-bond acceptors (Lipinski definition) is 7. The minimum Gasteiger partial charge on any atom is -0.454 e. The summed E-state index contributed by atoms with van der Waals surface area (Å²) in [5.41, 5.74) is 0.965. The van der Waals surface area contributed by atoms with Crippen LogP contribution in [0, 0.1) is 5.41 Å². The van der Waals surface area contributed by atoms with Crippen LogP contribution in [0.2, 0.25) is 0 Å². The zero-order valence-electron chi connectivity index (χ0n) is 11.9. The van der Waals surface area contributed by atoms with Crippen LogP contribution >= 0.6 is 23.7 Å². The lowest BCUT2D eigenvalue weighted by Gasteiger charge is -2.23. The second-order valence-electron chi connectivity index (χ2n) is 4.72. The smallest absolute Gasteiger partial charge is 0.283 e. The second kappa shape index (κ2) is 5.43. The van der Waals surface area contributed by atoms with Gasteiger partial charge in [0.2, 0.25) is 12.0 Å². The minimum absolute atomic E-state index is 0.0794. The topological polar surface area (TPSA) is 87.3 Å². The quantitative estimate of drug-likeness (QED) is 0.620. The summed E-state index contributed by atoms with van der Waals surface area (Å²) in [7, 11) is 0. The highest BCUT2D eigenvalue weighted by atomic mass is 32.2. The van der Waals surface area contributed by atoms with Gasteiger partial charge in [0.1, 0.15) is 5.84 Å². The molecule has 3 heterocycles. The Morgan fingerprint density at radius 1 is 1.39 bits per heavy atom. The van der Waals surface area contributed by atoms with E-state index in [1.165, 1.54) is 11.8 Å². The van der Waals surface area contributed by atoms with Gasteiger partial charge in [0.15, 0.2) is 16.7 Å². The van der Waals surface area contributed by atoms with Crippen LogP contribution < -0.4 is 9.47 Å². The Labute approximate surface area is 140 Å². The van der Waals surface area contributed by atoms with Gasteiger partial charge in [0, 0.05) is 0 Å². The maximum atomic E-state index is 12.2. The third kappa shape index (κ3) is 2.32. The molecule has 1 aromatic rings. The van der Waals surface area contributed by atoms with Crippen LogP contribution in [-0.4, -0.2) is 40.0 Å². The Morgan fingerprint density at radius 3 is 3.04 bits per heavy atom. The molecule has 23 heavy (non-hydrogen) atoms. The standard InChI is InChI=1S/C14H10N4O3S2/c1-22-14-17-23-13-16-12(19)8(11(15)18(13)14)4-7-2-3-9-10(5-7)21-6-20-9/h2-5,15H,6H2,1H3/b8-4-,15-11?. The van der Waals surface area contributed by atoms with Crippen molar-refractivity contribution in [3.63, 3.8) is 0 Å². The summed E-state index contributed by atoms with van der Waals surface area (Å²) in [5.74, 6) is 0.936. The number of benzene rings is 1. The fourth-order valence-corrected chi connectivity index (χ4v) is 3.75. The summed E-state index contributed by atoms with van der Waals surface area (Å²) in [6, 6.07) is 5.36. The SMILES string of the molecule is CSC1=NSC2=NC(=O)/C(=C\c3ccc4c(c3)OCO4)C(=N)N12. The molecule has 0 fully saturated rings. The van der Waals surface area contributed by atoms with Gasteiger partial charge in [-0.25, -0.2) is 4.90 Å². The number of ether oxygens (including phenoxy) is 2. The molecular weight excluding hydrogens is 336 g/mol. The first-order valence-electron chi connectivity index (χ1n) is 6.60. The van der Waals surface area contributed by atoms with Crippen LogP contribution in [0.4, 0.5) is 0 Å². The Balaban J connectivity index is 1.72. The first kappa shape index (κ1) is 14.3. The lowest BCUT2D eigenvalue weighted by molar-refractivity contribution is -0.114. The molecule has 4 rings (SSSR count). The van der Waals surface area contributed by atoms with Crippen LogP contribution in [0.15, 0.2) is 33.2 Å². The molecule has 0 unspecified atom stereocenters. The van der Waals surface area contributed by atoms with E-state index in [9.17, 15) is 4.79 Å². The molecule has 7 nitrogen and oxygen atoms in total. The molecule has 1 amide bonds. The van der Waals surface area contributed by atoms with Gasteiger partial charge in [-0.2, -0.15) is 9.39 Å². The number of nitrogens with one attached hydrogen (secondary N) is 1. The number of aliphatic imine (C=N–C) groups is 1. The van der Waals surface area contributed by atoms with E-state index in [1.807, 2.05) is 12.3 Å². The summed E-state index contributed by atoms with van der Waals surface area (Å²) in [4.78, 5) is 17.8. The molecule has 0 aliphatic carbocycles. The van der Waals surface area contributed by atoms with E-state index < -0.39 is 5.91 Å². The summed E-state index contributed by atoms with van der Waals surface area (Å²) in [6.45, 7) is 0.191. The lowest BCUT2D eigenvalue weighted by Crippen LogP contribution is -2.41. The fraction of sp³-hybridized carbons (Fsp3) is 0.143. The number of hydrogen-bond donors (Lipinski definition) is 1. The van der Waals surface area contributed by atoms with Crippen LogP contribution in [-0.2, 0) is 4.79 Å². The maximum Gasteiger partial charge on any atom is 0.283 e. The van der Waals surface area contributed by atoms with E-state index in [0.717, 1.165) is 17.5 Å². The molecule has 1 N–H and O–H groups in total. The summed E-state index contributed by atoms with van der Waals surface area (Å²) in [5, 5.41) is 9.40. The van der Waals surface area contributed by atoms with Crippen LogP contribution in [0.25, 0.3) is 6.08 Å². The highest BCUT2D eigenvalue weighted by molar-refractivity contribution is 8.18. The van der Waals surface area contributed by atoms with Crippen molar-refractivity contribution in [3.05, 3.63) is 29.3 Å². The van der Waals surface area contributed by atoms with Crippen molar-refractivity contribution in [3.8, 4) is 11.5 Å². The van der Waals surface area contributed by atoms with E-state index >= 15 is 0 Å². The molecule has 1 aromatic carbocycles. The Morgan fingerprint density at radius 2 is 2.22 bits per heavy atom. The number of amides is 1. The molecule has 3 aliphatic heterocycles. The van der Waals surface area contributed by atoms with Gasteiger partial charge in [-0.05, 0) is 30.0 Å². The third-order valence-electron chi connectivity index (χ3n) is 3.38. The van der Waals surface area contributed by atoms with Crippen molar-refractivity contribution < 1.29 is 14.3 Å². The zero-order chi connectivity index (χ0) is 16.0. The highest BCUT2D eigenvalue weighted by Crippen LogP contribution is 2.34. The van der Waals surface area contributed by atoms with Gasteiger partial charge in [-0.1, -0.05) is 17.8 Å². The van der Waals surface area contributed by atoms with Crippen molar-refractivity contribution >= 4 is 51.9 Å². The van der Waals surface area contributed by atoms with E-state index in [-0.39, 0.29) is 18.2 Å². The molecule has 0 saturated heterocycles. The second-order valence-corrected chi connectivity index (χ2v) is 6.23. The predicted molar refractivity (Wildman–Crippen MR) is 91.1 cm³/mol. The van der Waals surface area contributed by atoms with Gasteiger partial charge in [0.25, 0.3) is 5.91 Å². The predicted octanol–water partition coefficient (Wildman–Crippen LogP) is 2.35. The first-order chi connectivity index (χ1) is 11.2. The van der Waals surface area contributed by atoms with Gasteiger partial charge in [-0.15, -0.1) is 0 Å². The number of amidine groups is 3. The van der Waals surface area contributed by atoms with Crippen LogP contribution in [0.1, 0.15) is 5.56 Å². The van der Waals surface area contributed by atoms with Crippen molar-refractivity contribution in [2.45, 2.75) is 0 Å². The number of nitrogens with zero attached hydrogens (tertiary/aromatic N) is 3. The Kier molecular flexibility index (Phi) is 3.38. The van der Waals surface area contributed by atoms with Gasteiger partial charge < -0.3 is 9.47 Å². The number of carbonyl (C=O) groups excluding carboxylic acids is 1. The van der Waals surface area contributed by atoms with Gasteiger partial charge >= 0.3 is 0 Å². The molecule has 9 heteroatoms. The summed E-state index contributed by atoms with van der Waals surface area (Å²) < 4.78 is 14.8. The zero-order valence-corrected chi connectivity index (χ0v) is 13.5. The molecule has 0 radical (unpaired) electrons. The number of carbonyl (C=O) groups is 1. The van der Waals surface area contributed by atoms with Gasteiger partial charge in [0.05, 0.1) is 17.5 Å². The van der Waals surface area contributed by atoms with E-state index in [2.05, 4.69) is 9.39 Å². The lowest BCUT2D eigenvalue weighted by atomic mass is 10.1. The average molecular weight is 346 g/mol. The minimum atomic E-state index is -0.441. The average Bonchev–Trinajstić information content (AvgIpc) is 3.16. The van der Waals surface area contributed by atoms with E-state index in [4.69, 9.17) is 14.9 Å². The third-order valence-corrected chi connectivity index (χ3v) is 4.84. The monoisotopic (exact) mass is 346 g/mol. The number of thioether (sulfide) groups is 1. The fourth-order valence-electron chi connectivity index (χ4n) is 2.30. The Hall–Kier alpha value is -2.26. The normalized spacial score (nSPS) is 20.7. The van der Waals surface area contributed by atoms with Crippen LogP contribution in [0.3, 0.4) is 0 Å². The molecule has 3 aliphatic rings. The first-order valence-corrected chi connectivity index (χ1v) is 8.59. The van der Waals surface area contributed by atoms with Crippen molar-refractivity contribution in [1.82, 2.24) is 4.90 Å². The molecule has 0 aromatic heterocycles. The number of rotatable bonds is 1. The van der Waals surface area contributed by atoms with Crippen molar-refractivity contribution in [1.29, 1.82) is 5.41 Å². The summed E-state index contributed by atoms with van der Waals surface area (Å²) >= 11 is 2.51. The van der Waals surface area contributed by atoms with Crippen molar-refractivity contribution in [2.24, 2.45) is 9.39 Å². The molecule has 116 valence electrons. The molecule has 0 saturated carbocycles. The molecular formula is C14H10N4O3S2. The largest absolute Gasteiger partial charge is 0.454 e. The maximum absolute atomic E-state index is 12.2. The van der Waals surface area contributed by atoms with Crippen molar-refractivity contribution in [2.75, 3.05) is 13.0 Å². The highest BCUT2D eigenvalue weighted by Gasteiger charge is 2.37. The van der Waals surface area contributed by atoms with Crippen LogP contribution in [0.5, 0.6) is 11.5 Å². The molecule has 0 bridgehead atoms. The Bertz CT molecular complexity index is 831. The molecule has 0 atom stereocenters. The summed E-state index contributed by atoms with van der Waals surface area (Å²) in [6.07, 6.45) is 3.50. The van der Waals surface area contributed by atoms with Gasteiger partial charge in [-0.3, -0.25) is 10.2 Å².